The first-order valence-electron chi connectivity index (χ1n) is 7.22. The number of alkyl halides is 3. The fourth-order valence-electron chi connectivity index (χ4n) is 2.34. The number of nitro groups is 1. The summed E-state index contributed by atoms with van der Waals surface area (Å²) in [6.45, 7) is -0.173. The first-order valence-corrected chi connectivity index (χ1v) is 7.97. The number of aromatic nitrogens is 3. The smallest absolute Gasteiger partial charge is 0.365 e. The maximum Gasteiger partial charge on any atom is 0.416 e. The Balaban J connectivity index is 1.97. The SMILES string of the molecule is O=[N+]([O-])c1cc(CNc2nc(Cl)nc3cnc(Cl)cc23)cc(C(F)(F)F)c1. The average Bonchev–Trinajstić information content (AvgIpc) is 2.59. The monoisotopic (exact) mass is 417 g/mol. The minimum absolute atomic E-state index is 0.0413. The lowest BCUT2D eigenvalue weighted by molar-refractivity contribution is -0.385. The summed E-state index contributed by atoms with van der Waals surface area (Å²) in [5.74, 6) is 0.203. The van der Waals surface area contributed by atoms with E-state index >= 15 is 0 Å². The standard InChI is InChI=1S/C15H8Cl2F3N5O2/c16-12-4-10-11(6-21-12)23-14(17)24-13(10)22-5-7-1-8(15(18,19)20)3-9(2-7)25(26)27/h1-4,6H,5H2,(H,22,23,24). The van der Waals surface area contributed by atoms with Gasteiger partial charge >= 0.3 is 6.18 Å². The first-order chi connectivity index (χ1) is 12.6. The minimum atomic E-state index is -4.72. The fourth-order valence-corrected chi connectivity index (χ4v) is 2.68. The molecule has 27 heavy (non-hydrogen) atoms. The van der Waals surface area contributed by atoms with E-state index in [0.717, 1.165) is 12.1 Å². The highest BCUT2D eigenvalue weighted by Crippen LogP contribution is 2.33. The van der Waals surface area contributed by atoms with Crippen LogP contribution in [0.5, 0.6) is 0 Å². The Bertz CT molecular complexity index is 1050. The molecular formula is C15H8Cl2F3N5O2. The number of hydrogen-bond acceptors (Lipinski definition) is 6. The molecule has 0 aliphatic rings. The molecule has 12 heteroatoms. The molecule has 1 N–H and O–H groups in total. The van der Waals surface area contributed by atoms with Crippen molar-refractivity contribution >= 4 is 45.6 Å². The highest BCUT2D eigenvalue weighted by molar-refractivity contribution is 6.30. The summed E-state index contributed by atoms with van der Waals surface area (Å²) in [5, 5.41) is 14.2. The molecule has 7 nitrogen and oxygen atoms in total. The van der Waals surface area contributed by atoms with E-state index < -0.39 is 22.4 Å². The van der Waals surface area contributed by atoms with Crippen LogP contribution in [0, 0.1) is 10.1 Å². The lowest BCUT2D eigenvalue weighted by Gasteiger charge is -2.12. The minimum Gasteiger partial charge on any atom is -0.365 e. The predicted molar refractivity (Wildman–Crippen MR) is 92.8 cm³/mol. The van der Waals surface area contributed by atoms with Crippen LogP contribution in [-0.2, 0) is 12.7 Å². The van der Waals surface area contributed by atoms with Crippen molar-refractivity contribution in [2.75, 3.05) is 5.32 Å². The number of anilines is 1. The summed E-state index contributed by atoms with van der Waals surface area (Å²) in [5.41, 5.74) is -1.37. The zero-order chi connectivity index (χ0) is 19.8. The van der Waals surface area contributed by atoms with E-state index in [1.807, 2.05) is 0 Å². The third-order valence-electron chi connectivity index (χ3n) is 3.50. The quantitative estimate of drug-likeness (QED) is 0.281. The van der Waals surface area contributed by atoms with E-state index in [1.165, 1.54) is 12.3 Å². The Kier molecular flexibility index (Phi) is 5.03. The van der Waals surface area contributed by atoms with E-state index in [2.05, 4.69) is 20.3 Å². The molecule has 2 heterocycles. The maximum atomic E-state index is 13.0. The first kappa shape index (κ1) is 19.1. The predicted octanol–water partition coefficient (Wildman–Crippen LogP) is 4.87. The highest BCUT2D eigenvalue weighted by Gasteiger charge is 2.32. The van der Waals surface area contributed by atoms with Gasteiger partial charge in [-0.1, -0.05) is 11.6 Å². The van der Waals surface area contributed by atoms with Gasteiger partial charge in [0.1, 0.15) is 11.0 Å². The molecule has 0 amide bonds. The van der Waals surface area contributed by atoms with Crippen molar-refractivity contribution < 1.29 is 18.1 Å². The molecule has 0 saturated carbocycles. The van der Waals surface area contributed by atoms with Crippen molar-refractivity contribution in [3.05, 3.63) is 62.1 Å². The van der Waals surface area contributed by atoms with Gasteiger partial charge in [-0.25, -0.2) is 15.0 Å². The number of nitrogens with zero attached hydrogens (tertiary/aromatic N) is 4. The van der Waals surface area contributed by atoms with Crippen molar-refractivity contribution in [1.29, 1.82) is 0 Å². The number of benzene rings is 1. The van der Waals surface area contributed by atoms with Gasteiger partial charge < -0.3 is 5.32 Å². The molecule has 0 spiro atoms. The summed E-state index contributed by atoms with van der Waals surface area (Å²) in [6.07, 6.45) is -3.35. The summed E-state index contributed by atoms with van der Waals surface area (Å²) in [7, 11) is 0. The summed E-state index contributed by atoms with van der Waals surface area (Å²) < 4.78 is 38.9. The Labute approximate surface area is 159 Å². The molecule has 1 aromatic carbocycles. The van der Waals surface area contributed by atoms with Crippen LogP contribution in [0.1, 0.15) is 11.1 Å². The number of nitro benzene ring substituents is 1. The average molecular weight is 418 g/mol. The normalized spacial score (nSPS) is 11.6. The fraction of sp³-hybridized carbons (Fsp3) is 0.133. The van der Waals surface area contributed by atoms with Crippen molar-refractivity contribution in [2.24, 2.45) is 0 Å². The molecule has 3 aromatic rings. The number of fused-ring (bicyclic) bond motifs is 1. The van der Waals surface area contributed by atoms with Gasteiger partial charge in [0.2, 0.25) is 5.28 Å². The van der Waals surface area contributed by atoms with Crippen LogP contribution >= 0.6 is 23.2 Å². The van der Waals surface area contributed by atoms with Gasteiger partial charge in [0, 0.05) is 24.1 Å². The number of nitrogens with one attached hydrogen (secondary N) is 1. The lowest BCUT2D eigenvalue weighted by Crippen LogP contribution is -2.09. The van der Waals surface area contributed by atoms with Crippen LogP contribution in [0.3, 0.4) is 0 Å². The molecule has 0 radical (unpaired) electrons. The molecule has 0 saturated heterocycles. The molecule has 3 rings (SSSR count). The van der Waals surface area contributed by atoms with Gasteiger partial charge in [-0.05, 0) is 29.3 Å². The van der Waals surface area contributed by atoms with Crippen LogP contribution in [-0.4, -0.2) is 19.9 Å². The Hall–Kier alpha value is -2.72. The molecule has 140 valence electrons. The number of halogens is 5. The Morgan fingerprint density at radius 1 is 1.15 bits per heavy atom. The van der Waals surface area contributed by atoms with Crippen LogP contribution in [0.4, 0.5) is 24.7 Å². The van der Waals surface area contributed by atoms with E-state index in [4.69, 9.17) is 23.2 Å². The van der Waals surface area contributed by atoms with Crippen molar-refractivity contribution in [3.8, 4) is 0 Å². The second-order valence-corrected chi connectivity index (χ2v) is 6.09. The third-order valence-corrected chi connectivity index (χ3v) is 3.87. The van der Waals surface area contributed by atoms with E-state index in [9.17, 15) is 23.3 Å². The highest BCUT2D eigenvalue weighted by atomic mass is 35.5. The van der Waals surface area contributed by atoms with Crippen LogP contribution in [0.2, 0.25) is 10.4 Å². The van der Waals surface area contributed by atoms with Crippen molar-refractivity contribution in [2.45, 2.75) is 12.7 Å². The summed E-state index contributed by atoms with van der Waals surface area (Å²) >= 11 is 11.7. The largest absolute Gasteiger partial charge is 0.416 e. The second-order valence-electron chi connectivity index (χ2n) is 5.36. The van der Waals surface area contributed by atoms with E-state index in [1.54, 1.807) is 0 Å². The second kappa shape index (κ2) is 7.12. The Morgan fingerprint density at radius 3 is 2.56 bits per heavy atom. The number of hydrogen-bond donors (Lipinski definition) is 1. The van der Waals surface area contributed by atoms with Crippen LogP contribution in [0.25, 0.3) is 10.9 Å². The summed E-state index contributed by atoms with van der Waals surface area (Å²) in [6, 6.07) is 3.80. The topological polar surface area (TPSA) is 93.8 Å². The molecule has 0 aliphatic heterocycles. The van der Waals surface area contributed by atoms with Gasteiger partial charge in [-0.2, -0.15) is 13.2 Å². The zero-order valence-corrected chi connectivity index (χ0v) is 14.6. The van der Waals surface area contributed by atoms with E-state index in [-0.39, 0.29) is 28.4 Å². The van der Waals surface area contributed by atoms with Crippen molar-refractivity contribution in [1.82, 2.24) is 15.0 Å². The molecule has 0 bridgehead atoms. The summed E-state index contributed by atoms with van der Waals surface area (Å²) in [4.78, 5) is 21.9. The van der Waals surface area contributed by atoms with Crippen molar-refractivity contribution in [3.63, 3.8) is 0 Å². The molecule has 0 fully saturated rings. The van der Waals surface area contributed by atoms with Gasteiger partial charge in [-0.3, -0.25) is 10.1 Å². The molecule has 2 aromatic heterocycles. The molecule has 0 atom stereocenters. The molecule has 0 unspecified atom stereocenters. The molecule has 0 aliphatic carbocycles. The lowest BCUT2D eigenvalue weighted by atomic mass is 10.1. The van der Waals surface area contributed by atoms with Crippen LogP contribution < -0.4 is 5.32 Å². The van der Waals surface area contributed by atoms with Gasteiger partial charge in [0.15, 0.2) is 0 Å². The maximum absolute atomic E-state index is 13.0. The van der Waals surface area contributed by atoms with Gasteiger partial charge in [0.05, 0.1) is 22.2 Å². The van der Waals surface area contributed by atoms with Gasteiger partial charge in [-0.15, -0.1) is 0 Å². The van der Waals surface area contributed by atoms with E-state index in [0.29, 0.717) is 17.0 Å². The van der Waals surface area contributed by atoms with Gasteiger partial charge in [0.25, 0.3) is 5.69 Å². The number of rotatable bonds is 4. The number of pyridine rings is 1. The zero-order valence-electron chi connectivity index (χ0n) is 13.1. The number of non-ortho nitro benzene ring substituents is 1. The van der Waals surface area contributed by atoms with Crippen LogP contribution in [0.15, 0.2) is 30.5 Å². The Morgan fingerprint density at radius 2 is 1.89 bits per heavy atom. The molecular weight excluding hydrogens is 410 g/mol. The third kappa shape index (κ3) is 4.34.